The second-order valence-electron chi connectivity index (χ2n) is 3.53. The Hall–Kier alpha value is -1.29. The zero-order valence-electron chi connectivity index (χ0n) is 8.24. The highest BCUT2D eigenvalue weighted by Crippen LogP contribution is 2.26. The van der Waals surface area contributed by atoms with Gasteiger partial charge >= 0.3 is 0 Å². The Balaban J connectivity index is 2.31. The molecule has 1 atom stereocenters. The zero-order chi connectivity index (χ0) is 11.0. The molecule has 1 aliphatic rings. The van der Waals surface area contributed by atoms with Gasteiger partial charge in [-0.3, -0.25) is 4.99 Å². The van der Waals surface area contributed by atoms with Gasteiger partial charge in [0.15, 0.2) is 5.96 Å². The molecule has 1 unspecified atom stereocenters. The van der Waals surface area contributed by atoms with Gasteiger partial charge in [-0.1, -0.05) is 11.6 Å². The van der Waals surface area contributed by atoms with Crippen LogP contribution in [0.15, 0.2) is 23.2 Å². The molecule has 0 fully saturated rings. The van der Waals surface area contributed by atoms with Gasteiger partial charge in [-0.25, -0.2) is 4.39 Å². The second-order valence-corrected chi connectivity index (χ2v) is 3.96. The topological polar surface area (TPSA) is 41.6 Å². The minimum absolute atomic E-state index is 0.0156. The van der Waals surface area contributed by atoms with Crippen LogP contribution in [0.3, 0.4) is 0 Å². The first-order valence-electron chi connectivity index (χ1n) is 4.56. The molecule has 0 aliphatic carbocycles. The lowest BCUT2D eigenvalue weighted by Gasteiger charge is -2.21. The summed E-state index contributed by atoms with van der Waals surface area (Å²) < 4.78 is 13.1. The standard InChI is InChI=1S/C10H11ClFN3/c1-15-9(5-14-10(15)13)6-2-7(11)4-8(12)3-6/h2-4,9H,5H2,1H3,(H2,13,14). The van der Waals surface area contributed by atoms with E-state index in [0.717, 1.165) is 5.56 Å². The predicted molar refractivity (Wildman–Crippen MR) is 58.4 cm³/mol. The summed E-state index contributed by atoms with van der Waals surface area (Å²) in [6.07, 6.45) is 0. The number of likely N-dealkylation sites (N-methyl/N-ethyl adjacent to an activating group) is 1. The summed E-state index contributed by atoms with van der Waals surface area (Å²) in [5.74, 6) is 0.136. The molecule has 0 spiro atoms. The number of benzene rings is 1. The summed E-state index contributed by atoms with van der Waals surface area (Å²) >= 11 is 5.79. The van der Waals surface area contributed by atoms with Gasteiger partial charge in [0.1, 0.15) is 5.82 Å². The van der Waals surface area contributed by atoms with E-state index in [2.05, 4.69) is 4.99 Å². The highest BCUT2D eigenvalue weighted by Gasteiger charge is 2.24. The van der Waals surface area contributed by atoms with Gasteiger partial charge in [0.25, 0.3) is 0 Å². The van der Waals surface area contributed by atoms with Crippen molar-refractivity contribution in [3.05, 3.63) is 34.6 Å². The monoisotopic (exact) mass is 227 g/mol. The minimum Gasteiger partial charge on any atom is -0.370 e. The van der Waals surface area contributed by atoms with Crippen molar-refractivity contribution in [2.45, 2.75) is 6.04 Å². The molecule has 1 aromatic rings. The Morgan fingerprint density at radius 3 is 2.80 bits per heavy atom. The van der Waals surface area contributed by atoms with E-state index >= 15 is 0 Å². The number of nitrogens with zero attached hydrogens (tertiary/aromatic N) is 2. The maximum absolute atomic E-state index is 13.1. The fourth-order valence-electron chi connectivity index (χ4n) is 1.67. The lowest BCUT2D eigenvalue weighted by molar-refractivity contribution is 0.412. The van der Waals surface area contributed by atoms with E-state index in [4.69, 9.17) is 17.3 Å². The van der Waals surface area contributed by atoms with Crippen molar-refractivity contribution in [2.75, 3.05) is 13.6 Å². The summed E-state index contributed by atoms with van der Waals surface area (Å²) in [5, 5.41) is 0.392. The molecule has 2 N–H and O–H groups in total. The number of halogens is 2. The average molecular weight is 228 g/mol. The lowest BCUT2D eigenvalue weighted by atomic mass is 10.1. The number of hydrogen-bond donors (Lipinski definition) is 1. The van der Waals surface area contributed by atoms with Gasteiger partial charge in [-0.2, -0.15) is 0 Å². The number of aliphatic imine (C=N–C) groups is 1. The van der Waals surface area contributed by atoms with Crippen LogP contribution in [0, 0.1) is 5.82 Å². The van der Waals surface area contributed by atoms with Crippen LogP contribution in [0.4, 0.5) is 4.39 Å². The number of guanidine groups is 1. The largest absolute Gasteiger partial charge is 0.370 e. The Kier molecular flexibility index (Phi) is 2.52. The molecule has 3 nitrogen and oxygen atoms in total. The third kappa shape index (κ3) is 1.90. The molecule has 0 bridgehead atoms. The van der Waals surface area contributed by atoms with Gasteiger partial charge < -0.3 is 10.6 Å². The van der Waals surface area contributed by atoms with Crippen LogP contribution in [0.25, 0.3) is 0 Å². The van der Waals surface area contributed by atoms with E-state index in [1.807, 2.05) is 11.9 Å². The molecule has 5 heteroatoms. The molecule has 0 saturated heterocycles. The minimum atomic E-state index is -0.337. The second kappa shape index (κ2) is 3.70. The molecule has 0 amide bonds. The molecular weight excluding hydrogens is 217 g/mol. The van der Waals surface area contributed by atoms with Crippen molar-refractivity contribution in [2.24, 2.45) is 10.7 Å². The molecule has 0 radical (unpaired) electrons. The summed E-state index contributed by atoms with van der Waals surface area (Å²) in [4.78, 5) is 5.90. The third-order valence-electron chi connectivity index (χ3n) is 2.52. The van der Waals surface area contributed by atoms with Crippen LogP contribution in [0.5, 0.6) is 0 Å². The van der Waals surface area contributed by atoms with E-state index in [-0.39, 0.29) is 11.9 Å². The van der Waals surface area contributed by atoms with Crippen LogP contribution in [-0.4, -0.2) is 24.5 Å². The van der Waals surface area contributed by atoms with Gasteiger partial charge in [-0.15, -0.1) is 0 Å². The van der Waals surface area contributed by atoms with E-state index in [1.54, 1.807) is 6.07 Å². The Morgan fingerprint density at radius 1 is 1.53 bits per heavy atom. The van der Waals surface area contributed by atoms with E-state index < -0.39 is 0 Å². The van der Waals surface area contributed by atoms with Gasteiger partial charge in [0.05, 0.1) is 12.6 Å². The maximum Gasteiger partial charge on any atom is 0.191 e. The fourth-order valence-corrected chi connectivity index (χ4v) is 1.90. The van der Waals surface area contributed by atoms with Crippen LogP contribution in [0.1, 0.15) is 11.6 Å². The fraction of sp³-hybridized carbons (Fsp3) is 0.300. The Morgan fingerprint density at radius 2 is 2.27 bits per heavy atom. The zero-order valence-corrected chi connectivity index (χ0v) is 9.00. The molecule has 0 aromatic heterocycles. The number of rotatable bonds is 1. The van der Waals surface area contributed by atoms with Crippen molar-refractivity contribution >= 4 is 17.6 Å². The van der Waals surface area contributed by atoms with Crippen LogP contribution < -0.4 is 5.73 Å². The van der Waals surface area contributed by atoms with Crippen LogP contribution in [-0.2, 0) is 0 Å². The predicted octanol–water partition coefficient (Wildman–Crippen LogP) is 1.78. The third-order valence-corrected chi connectivity index (χ3v) is 2.74. The highest BCUT2D eigenvalue weighted by molar-refractivity contribution is 6.30. The summed E-state index contributed by atoms with van der Waals surface area (Å²) in [6, 6.07) is 4.46. The van der Waals surface area contributed by atoms with Crippen molar-refractivity contribution < 1.29 is 4.39 Å². The van der Waals surface area contributed by atoms with Gasteiger partial charge in [0.2, 0.25) is 0 Å². The van der Waals surface area contributed by atoms with Crippen molar-refractivity contribution in [3.8, 4) is 0 Å². The highest BCUT2D eigenvalue weighted by atomic mass is 35.5. The SMILES string of the molecule is CN1C(N)=NCC1c1cc(F)cc(Cl)c1. The van der Waals surface area contributed by atoms with Crippen molar-refractivity contribution in [1.82, 2.24) is 4.90 Å². The summed E-state index contributed by atoms with van der Waals surface area (Å²) in [7, 11) is 1.83. The molecule has 15 heavy (non-hydrogen) atoms. The smallest absolute Gasteiger partial charge is 0.191 e. The van der Waals surface area contributed by atoms with Gasteiger partial charge in [-0.05, 0) is 23.8 Å². The molecular formula is C10H11ClFN3. The number of hydrogen-bond acceptors (Lipinski definition) is 3. The Bertz CT molecular complexity index is 399. The average Bonchev–Trinajstić information content (AvgIpc) is 2.46. The first-order chi connectivity index (χ1) is 7.08. The normalized spacial score (nSPS) is 20.6. The van der Waals surface area contributed by atoms with Gasteiger partial charge in [0, 0.05) is 12.1 Å². The molecule has 2 rings (SSSR count). The van der Waals surface area contributed by atoms with Crippen LogP contribution in [0.2, 0.25) is 5.02 Å². The molecule has 1 aromatic carbocycles. The van der Waals surface area contributed by atoms with Crippen molar-refractivity contribution in [3.63, 3.8) is 0 Å². The maximum atomic E-state index is 13.1. The number of nitrogens with two attached hydrogens (primary N) is 1. The summed E-state index contributed by atoms with van der Waals surface area (Å²) in [5.41, 5.74) is 6.43. The van der Waals surface area contributed by atoms with E-state index in [1.165, 1.54) is 12.1 Å². The quantitative estimate of drug-likeness (QED) is 0.795. The van der Waals surface area contributed by atoms with Crippen molar-refractivity contribution in [1.29, 1.82) is 0 Å². The summed E-state index contributed by atoms with van der Waals surface area (Å²) in [6.45, 7) is 0.544. The van der Waals surface area contributed by atoms with E-state index in [0.29, 0.717) is 17.5 Å². The molecule has 80 valence electrons. The first-order valence-corrected chi connectivity index (χ1v) is 4.94. The van der Waals surface area contributed by atoms with Crippen LogP contribution >= 0.6 is 11.6 Å². The molecule has 1 aliphatic heterocycles. The molecule has 0 saturated carbocycles. The lowest BCUT2D eigenvalue weighted by Crippen LogP contribution is -2.32. The first kappa shape index (κ1) is 10.2. The van der Waals surface area contributed by atoms with E-state index in [9.17, 15) is 4.39 Å². The Labute approximate surface area is 92.3 Å². The molecule has 1 heterocycles.